The second-order valence-corrected chi connectivity index (χ2v) is 2.57. The average Bonchev–Trinajstić information content (AvgIpc) is 2.53. The van der Waals surface area contributed by atoms with E-state index in [1.165, 1.54) is 6.07 Å². The van der Waals surface area contributed by atoms with Crippen LogP contribution in [-0.2, 0) is 16.0 Å². The summed E-state index contributed by atoms with van der Waals surface area (Å²) in [6, 6.07) is 1.30. The van der Waals surface area contributed by atoms with E-state index in [-0.39, 0.29) is 12.1 Å². The minimum atomic E-state index is -1.13. The van der Waals surface area contributed by atoms with Crippen LogP contribution in [0.5, 0.6) is 0 Å². The number of nitrogens with zero attached hydrogens (tertiary/aromatic N) is 1. The van der Waals surface area contributed by atoms with Crippen LogP contribution in [0, 0.1) is 0 Å². The molecule has 0 saturated carbocycles. The van der Waals surface area contributed by atoms with Crippen LogP contribution < -0.4 is 0 Å². The lowest BCUT2D eigenvalue weighted by atomic mass is 10.3. The van der Waals surface area contributed by atoms with Gasteiger partial charge in [-0.05, 0) is 13.0 Å². The normalized spacial score (nSPS) is 9.79. The van der Waals surface area contributed by atoms with Crippen LogP contribution in [0.4, 0.5) is 0 Å². The fourth-order valence-corrected chi connectivity index (χ4v) is 0.929. The number of aromatic carboxylic acids is 1. The van der Waals surface area contributed by atoms with Gasteiger partial charge in [-0.15, -0.1) is 0 Å². The van der Waals surface area contributed by atoms with E-state index in [0.29, 0.717) is 12.3 Å². The highest BCUT2D eigenvalue weighted by molar-refractivity contribution is 5.85. The number of carbonyl (C=O) groups excluding carboxylic acids is 1. The van der Waals surface area contributed by atoms with Gasteiger partial charge in [-0.2, -0.15) is 5.10 Å². The van der Waals surface area contributed by atoms with E-state index in [1.54, 1.807) is 6.92 Å². The van der Waals surface area contributed by atoms with Crippen LogP contribution in [0.25, 0.3) is 0 Å². The maximum Gasteiger partial charge on any atom is 0.356 e. The minimum absolute atomic E-state index is 0.00806. The molecule has 0 aliphatic rings. The van der Waals surface area contributed by atoms with Gasteiger partial charge in [0.05, 0.1) is 13.0 Å². The van der Waals surface area contributed by atoms with Crippen molar-refractivity contribution in [2.45, 2.75) is 13.3 Å². The second-order valence-electron chi connectivity index (χ2n) is 2.57. The number of carboxylic acid groups (broad SMARTS) is 1. The third-order valence-electron chi connectivity index (χ3n) is 1.49. The molecule has 6 heteroatoms. The molecule has 1 heterocycles. The molecule has 0 spiro atoms. The number of nitrogens with one attached hydrogen (secondary N) is 1. The lowest BCUT2D eigenvalue weighted by Gasteiger charge is -1.97. The molecule has 0 aromatic carbocycles. The minimum Gasteiger partial charge on any atom is -0.476 e. The Labute approximate surface area is 79.9 Å². The first-order chi connectivity index (χ1) is 6.63. The van der Waals surface area contributed by atoms with E-state index >= 15 is 0 Å². The zero-order valence-corrected chi connectivity index (χ0v) is 7.61. The van der Waals surface area contributed by atoms with Gasteiger partial charge in [-0.25, -0.2) is 4.79 Å². The van der Waals surface area contributed by atoms with Crippen LogP contribution in [0.3, 0.4) is 0 Å². The Morgan fingerprint density at radius 1 is 1.64 bits per heavy atom. The largest absolute Gasteiger partial charge is 0.476 e. The smallest absolute Gasteiger partial charge is 0.356 e. The maximum atomic E-state index is 11.0. The van der Waals surface area contributed by atoms with Gasteiger partial charge in [0.2, 0.25) is 0 Å². The van der Waals surface area contributed by atoms with Gasteiger partial charge in [0.25, 0.3) is 0 Å². The van der Waals surface area contributed by atoms with Gasteiger partial charge < -0.3 is 9.84 Å². The van der Waals surface area contributed by atoms with Crippen molar-refractivity contribution < 1.29 is 19.4 Å². The zero-order valence-electron chi connectivity index (χ0n) is 7.61. The van der Waals surface area contributed by atoms with Gasteiger partial charge in [0.1, 0.15) is 0 Å². The summed E-state index contributed by atoms with van der Waals surface area (Å²) < 4.78 is 4.68. The molecule has 0 unspecified atom stereocenters. The number of carboxylic acids is 1. The van der Waals surface area contributed by atoms with E-state index in [2.05, 4.69) is 14.9 Å². The monoisotopic (exact) mass is 198 g/mol. The third kappa shape index (κ3) is 2.58. The van der Waals surface area contributed by atoms with Crippen molar-refractivity contribution in [2.24, 2.45) is 0 Å². The standard InChI is InChI=1S/C8H10N2O4/c1-2-14-7(11)4-5-3-6(8(12)13)10-9-5/h3H,2,4H2,1H3,(H,9,10)(H,12,13). The van der Waals surface area contributed by atoms with Crippen molar-refractivity contribution in [1.82, 2.24) is 10.2 Å². The number of esters is 1. The predicted molar refractivity (Wildman–Crippen MR) is 45.9 cm³/mol. The second kappa shape index (κ2) is 4.40. The molecule has 0 atom stereocenters. The highest BCUT2D eigenvalue weighted by Crippen LogP contribution is 2.01. The number of H-pyrrole nitrogens is 1. The summed E-state index contributed by atoms with van der Waals surface area (Å²) in [5.74, 6) is -1.54. The SMILES string of the molecule is CCOC(=O)Cc1cc(C(=O)O)n[nH]1. The van der Waals surface area contributed by atoms with Crippen molar-refractivity contribution >= 4 is 11.9 Å². The molecule has 0 saturated heterocycles. The van der Waals surface area contributed by atoms with Gasteiger partial charge in [-0.1, -0.05) is 0 Å². The van der Waals surface area contributed by atoms with Crippen molar-refractivity contribution in [2.75, 3.05) is 6.61 Å². The number of hydrogen-bond acceptors (Lipinski definition) is 4. The highest BCUT2D eigenvalue weighted by Gasteiger charge is 2.11. The third-order valence-corrected chi connectivity index (χ3v) is 1.49. The summed E-state index contributed by atoms with van der Waals surface area (Å²) in [4.78, 5) is 21.4. The van der Waals surface area contributed by atoms with E-state index in [0.717, 1.165) is 0 Å². The molecule has 1 aromatic rings. The molecule has 1 rings (SSSR count). The van der Waals surface area contributed by atoms with Crippen molar-refractivity contribution in [1.29, 1.82) is 0 Å². The molecule has 0 amide bonds. The average molecular weight is 198 g/mol. The molecule has 14 heavy (non-hydrogen) atoms. The van der Waals surface area contributed by atoms with Crippen molar-refractivity contribution in [3.05, 3.63) is 17.5 Å². The zero-order chi connectivity index (χ0) is 10.6. The van der Waals surface area contributed by atoms with Crippen LogP contribution in [0.2, 0.25) is 0 Å². The van der Waals surface area contributed by atoms with Crippen LogP contribution in [-0.4, -0.2) is 33.8 Å². The van der Waals surface area contributed by atoms with Gasteiger partial charge >= 0.3 is 11.9 Å². The molecule has 6 nitrogen and oxygen atoms in total. The van der Waals surface area contributed by atoms with Crippen molar-refractivity contribution in [3.8, 4) is 0 Å². The van der Waals surface area contributed by atoms with Crippen LogP contribution in [0.15, 0.2) is 6.07 Å². The van der Waals surface area contributed by atoms with Gasteiger partial charge in [0.15, 0.2) is 5.69 Å². The molecule has 0 aliphatic carbocycles. The first-order valence-corrected chi connectivity index (χ1v) is 4.06. The summed E-state index contributed by atoms with van der Waals surface area (Å²) >= 11 is 0. The molecule has 1 aromatic heterocycles. The lowest BCUT2D eigenvalue weighted by molar-refractivity contribution is -0.142. The Morgan fingerprint density at radius 2 is 2.36 bits per heavy atom. The maximum absolute atomic E-state index is 11.0. The Bertz CT molecular complexity index is 345. The lowest BCUT2D eigenvalue weighted by Crippen LogP contribution is -2.07. The Kier molecular flexibility index (Phi) is 3.22. The first-order valence-electron chi connectivity index (χ1n) is 4.06. The Hall–Kier alpha value is -1.85. The number of ether oxygens (including phenoxy) is 1. The summed E-state index contributed by atoms with van der Waals surface area (Å²) in [5.41, 5.74) is 0.324. The van der Waals surface area contributed by atoms with E-state index < -0.39 is 11.9 Å². The van der Waals surface area contributed by atoms with Crippen LogP contribution in [0.1, 0.15) is 23.1 Å². The number of aromatic nitrogens is 2. The van der Waals surface area contributed by atoms with E-state index in [9.17, 15) is 9.59 Å². The number of rotatable bonds is 4. The molecule has 0 bridgehead atoms. The summed E-state index contributed by atoms with van der Waals surface area (Å²) in [5, 5.41) is 14.5. The van der Waals surface area contributed by atoms with E-state index in [1.807, 2.05) is 0 Å². The molecule has 0 fully saturated rings. The fourth-order valence-electron chi connectivity index (χ4n) is 0.929. The molecule has 0 radical (unpaired) electrons. The highest BCUT2D eigenvalue weighted by atomic mass is 16.5. The van der Waals surface area contributed by atoms with Gasteiger partial charge in [-0.3, -0.25) is 9.89 Å². The number of aromatic amines is 1. The molecule has 0 aliphatic heterocycles. The Morgan fingerprint density at radius 3 is 2.86 bits per heavy atom. The quantitative estimate of drug-likeness (QED) is 0.675. The molecule has 76 valence electrons. The molecule has 2 N–H and O–H groups in total. The molecular weight excluding hydrogens is 188 g/mol. The van der Waals surface area contributed by atoms with Crippen LogP contribution >= 0.6 is 0 Å². The predicted octanol–water partition coefficient (Wildman–Crippen LogP) is 0.214. The number of carbonyl (C=O) groups is 2. The Balaban J connectivity index is 2.59. The van der Waals surface area contributed by atoms with E-state index in [4.69, 9.17) is 5.11 Å². The first kappa shape index (κ1) is 10.2. The topological polar surface area (TPSA) is 92.3 Å². The summed E-state index contributed by atoms with van der Waals surface area (Å²) in [6.45, 7) is 2.01. The molecular formula is C8H10N2O4. The fraction of sp³-hybridized carbons (Fsp3) is 0.375. The van der Waals surface area contributed by atoms with Crippen molar-refractivity contribution in [3.63, 3.8) is 0 Å². The van der Waals surface area contributed by atoms with Gasteiger partial charge in [0, 0.05) is 5.69 Å². The summed E-state index contributed by atoms with van der Waals surface area (Å²) in [6.07, 6.45) is 0.00806. The number of hydrogen-bond donors (Lipinski definition) is 2. The summed E-state index contributed by atoms with van der Waals surface area (Å²) in [7, 11) is 0.